The molecule has 1 rings (SSSR count). The predicted octanol–water partition coefficient (Wildman–Crippen LogP) is 3.07. The van der Waals surface area contributed by atoms with E-state index in [1.165, 1.54) is 25.3 Å². The maximum Gasteiger partial charge on any atom is 0.338 e. The average molecular weight is 261 g/mol. The van der Waals surface area contributed by atoms with E-state index in [1.54, 1.807) is 0 Å². The summed E-state index contributed by atoms with van der Waals surface area (Å²) in [5.74, 6) is -0.815. The van der Waals surface area contributed by atoms with Gasteiger partial charge in [-0.15, -0.1) is 0 Å². The molecule has 1 aromatic carbocycles. The van der Waals surface area contributed by atoms with Crippen LogP contribution in [0.4, 0.5) is 4.39 Å². The van der Waals surface area contributed by atoms with E-state index in [1.807, 2.05) is 6.92 Å². The minimum Gasteiger partial charge on any atom is -0.465 e. The van der Waals surface area contributed by atoms with Crippen LogP contribution in [-0.4, -0.2) is 13.1 Å². The number of halogens is 2. The van der Waals surface area contributed by atoms with Crippen LogP contribution in [0.3, 0.4) is 0 Å². The second kappa shape index (κ2) is 4.55. The Morgan fingerprint density at radius 2 is 2.21 bits per heavy atom. The molecule has 0 fully saturated rings. The van der Waals surface area contributed by atoms with E-state index in [0.717, 1.165) is 0 Å². The molecule has 1 aromatic rings. The van der Waals surface area contributed by atoms with Crippen LogP contribution < -0.4 is 0 Å². The van der Waals surface area contributed by atoms with Gasteiger partial charge in [-0.05, 0) is 30.7 Å². The van der Waals surface area contributed by atoms with E-state index in [-0.39, 0.29) is 10.6 Å². The van der Waals surface area contributed by atoms with E-state index < -0.39 is 5.97 Å². The molecule has 0 saturated heterocycles. The zero-order valence-electron chi connectivity index (χ0n) is 7.88. The molecule has 0 saturated carbocycles. The number of carbonyl (C=O) groups excluding carboxylic acids is 1. The number of rotatable bonds is 2. The highest BCUT2D eigenvalue weighted by atomic mass is 79.9. The Bertz CT molecular complexity index is 350. The minimum absolute atomic E-state index is 0.0905. The summed E-state index contributed by atoms with van der Waals surface area (Å²) in [6.07, 6.45) is 0. The van der Waals surface area contributed by atoms with Gasteiger partial charge in [-0.3, -0.25) is 0 Å². The number of hydrogen-bond donors (Lipinski definition) is 0. The molecular weight excluding hydrogens is 251 g/mol. The Balaban J connectivity index is 3.21. The molecule has 0 amide bonds. The van der Waals surface area contributed by atoms with Crippen LogP contribution in [0.5, 0.6) is 0 Å². The van der Waals surface area contributed by atoms with E-state index in [2.05, 4.69) is 20.7 Å². The molecule has 0 N–H and O–H groups in total. The largest absolute Gasteiger partial charge is 0.465 e. The summed E-state index contributed by atoms with van der Waals surface area (Å²) in [6.45, 7) is 1.82. The molecule has 0 bridgehead atoms. The van der Waals surface area contributed by atoms with Crippen molar-refractivity contribution in [3.05, 3.63) is 35.1 Å². The molecule has 1 atom stereocenters. The van der Waals surface area contributed by atoms with Crippen molar-refractivity contribution in [1.82, 2.24) is 0 Å². The average Bonchev–Trinajstić information content (AvgIpc) is 2.16. The molecule has 0 aliphatic rings. The first kappa shape index (κ1) is 11.2. The second-order valence-corrected chi connectivity index (χ2v) is 4.21. The van der Waals surface area contributed by atoms with Crippen LogP contribution in [0.15, 0.2) is 18.2 Å². The molecule has 0 heterocycles. The fraction of sp³-hybridized carbons (Fsp3) is 0.300. The number of ether oxygens (including phenoxy) is 1. The van der Waals surface area contributed by atoms with Crippen LogP contribution in [0.25, 0.3) is 0 Å². The van der Waals surface area contributed by atoms with Crippen molar-refractivity contribution in [2.75, 3.05) is 7.11 Å². The first-order valence-electron chi connectivity index (χ1n) is 4.08. The van der Waals surface area contributed by atoms with Crippen LogP contribution in [0, 0.1) is 5.82 Å². The number of esters is 1. The Hall–Kier alpha value is -0.900. The van der Waals surface area contributed by atoms with Gasteiger partial charge in [-0.1, -0.05) is 15.9 Å². The highest BCUT2D eigenvalue weighted by Crippen LogP contribution is 2.26. The summed E-state index contributed by atoms with van der Waals surface area (Å²) in [5, 5.41) is 0. The van der Waals surface area contributed by atoms with Gasteiger partial charge < -0.3 is 4.74 Å². The number of methoxy groups -OCH3 is 1. The third-order valence-electron chi connectivity index (χ3n) is 1.85. The monoisotopic (exact) mass is 260 g/mol. The zero-order valence-corrected chi connectivity index (χ0v) is 9.47. The highest BCUT2D eigenvalue weighted by molar-refractivity contribution is 9.09. The molecule has 4 heteroatoms. The Labute approximate surface area is 90.2 Å². The topological polar surface area (TPSA) is 26.3 Å². The van der Waals surface area contributed by atoms with Gasteiger partial charge in [0.2, 0.25) is 0 Å². The predicted molar refractivity (Wildman–Crippen MR) is 55.1 cm³/mol. The van der Waals surface area contributed by atoms with E-state index in [4.69, 9.17) is 0 Å². The first-order valence-corrected chi connectivity index (χ1v) is 4.99. The molecule has 0 radical (unpaired) electrons. The molecule has 1 unspecified atom stereocenters. The number of carbonyl (C=O) groups is 1. The van der Waals surface area contributed by atoms with Gasteiger partial charge >= 0.3 is 5.97 Å². The molecule has 0 spiro atoms. The fourth-order valence-electron chi connectivity index (χ4n) is 1.16. The summed E-state index contributed by atoms with van der Waals surface area (Å²) < 4.78 is 17.5. The van der Waals surface area contributed by atoms with Gasteiger partial charge in [0, 0.05) is 4.83 Å². The summed E-state index contributed by atoms with van der Waals surface area (Å²) in [5.41, 5.74) is 0.982. The Morgan fingerprint density at radius 1 is 1.57 bits per heavy atom. The van der Waals surface area contributed by atoms with Crippen LogP contribution in [0.2, 0.25) is 0 Å². The normalized spacial score (nSPS) is 12.3. The zero-order chi connectivity index (χ0) is 10.7. The molecule has 0 aliphatic heterocycles. The quantitative estimate of drug-likeness (QED) is 0.604. The molecule has 76 valence electrons. The number of hydrogen-bond acceptors (Lipinski definition) is 2. The second-order valence-electron chi connectivity index (χ2n) is 2.84. The van der Waals surface area contributed by atoms with Crippen LogP contribution in [-0.2, 0) is 4.74 Å². The lowest BCUT2D eigenvalue weighted by atomic mass is 10.1. The van der Waals surface area contributed by atoms with Gasteiger partial charge in [-0.2, -0.15) is 0 Å². The van der Waals surface area contributed by atoms with Gasteiger partial charge in [0.1, 0.15) is 5.82 Å². The number of benzene rings is 1. The van der Waals surface area contributed by atoms with Gasteiger partial charge in [0.15, 0.2) is 0 Å². The summed E-state index contributed by atoms with van der Waals surface area (Å²) in [4.78, 5) is 11.2. The minimum atomic E-state index is -0.452. The van der Waals surface area contributed by atoms with Crippen LogP contribution in [0.1, 0.15) is 27.7 Å². The lowest BCUT2D eigenvalue weighted by molar-refractivity contribution is 0.0599. The van der Waals surface area contributed by atoms with Crippen molar-refractivity contribution in [1.29, 1.82) is 0 Å². The van der Waals surface area contributed by atoms with Gasteiger partial charge in [-0.25, -0.2) is 9.18 Å². The van der Waals surface area contributed by atoms with Crippen LogP contribution >= 0.6 is 15.9 Å². The highest BCUT2D eigenvalue weighted by Gasteiger charge is 2.15. The third kappa shape index (κ3) is 2.32. The van der Waals surface area contributed by atoms with Gasteiger partial charge in [0.05, 0.1) is 12.7 Å². The molecule has 0 aromatic heterocycles. The Morgan fingerprint density at radius 3 is 2.71 bits per heavy atom. The van der Waals surface area contributed by atoms with Crippen molar-refractivity contribution in [2.24, 2.45) is 0 Å². The summed E-state index contributed by atoms with van der Waals surface area (Å²) >= 11 is 3.29. The summed E-state index contributed by atoms with van der Waals surface area (Å²) in [7, 11) is 1.30. The summed E-state index contributed by atoms with van der Waals surface area (Å²) in [6, 6.07) is 3.99. The maximum atomic E-state index is 12.9. The standard InChI is InChI=1S/C10H10BrFO2/c1-6(11)9-5-7(12)3-4-8(9)10(13)14-2/h3-6H,1-2H3. The lowest BCUT2D eigenvalue weighted by Gasteiger charge is -2.09. The number of alkyl halides is 1. The van der Waals surface area contributed by atoms with Gasteiger partial charge in [0.25, 0.3) is 0 Å². The van der Waals surface area contributed by atoms with Crippen molar-refractivity contribution >= 4 is 21.9 Å². The van der Waals surface area contributed by atoms with Crippen molar-refractivity contribution in [3.63, 3.8) is 0 Å². The molecular formula is C10H10BrFO2. The van der Waals surface area contributed by atoms with E-state index in [0.29, 0.717) is 11.1 Å². The van der Waals surface area contributed by atoms with Crippen molar-refractivity contribution < 1.29 is 13.9 Å². The molecule has 14 heavy (non-hydrogen) atoms. The first-order chi connectivity index (χ1) is 6.56. The lowest BCUT2D eigenvalue weighted by Crippen LogP contribution is -2.06. The third-order valence-corrected chi connectivity index (χ3v) is 2.34. The molecule has 2 nitrogen and oxygen atoms in total. The van der Waals surface area contributed by atoms with Crippen molar-refractivity contribution in [3.8, 4) is 0 Å². The van der Waals surface area contributed by atoms with E-state index in [9.17, 15) is 9.18 Å². The Kier molecular flexibility index (Phi) is 3.63. The SMILES string of the molecule is COC(=O)c1ccc(F)cc1C(C)Br. The van der Waals surface area contributed by atoms with E-state index >= 15 is 0 Å². The maximum absolute atomic E-state index is 12.9. The smallest absolute Gasteiger partial charge is 0.338 e. The molecule has 0 aliphatic carbocycles. The van der Waals surface area contributed by atoms with Crippen molar-refractivity contribution in [2.45, 2.75) is 11.8 Å². The fourth-order valence-corrected chi connectivity index (χ4v) is 1.54.